The van der Waals surface area contributed by atoms with E-state index in [-0.39, 0.29) is 18.0 Å². The fourth-order valence-electron chi connectivity index (χ4n) is 3.98. The van der Waals surface area contributed by atoms with Gasteiger partial charge in [0.15, 0.2) is 11.4 Å². The van der Waals surface area contributed by atoms with Gasteiger partial charge in [0.1, 0.15) is 11.3 Å². The third-order valence-corrected chi connectivity index (χ3v) is 6.30. The normalized spacial score (nSPS) is 14.9. The Bertz CT molecular complexity index is 1150. The molecular weight excluding hydrogens is 475 g/mol. The Labute approximate surface area is 208 Å². The first-order chi connectivity index (χ1) is 16.4. The highest BCUT2D eigenvalue weighted by atomic mass is 35.5. The Hall–Kier alpha value is -2.65. The monoisotopic (exact) mass is 502 g/mol. The summed E-state index contributed by atoms with van der Waals surface area (Å²) in [6.07, 6.45) is 2.51. The number of carbonyl (C=O) groups is 1. The average molecular weight is 503 g/mol. The topological polar surface area (TPSA) is 93.6 Å². The van der Waals surface area contributed by atoms with Gasteiger partial charge in [-0.1, -0.05) is 23.2 Å². The summed E-state index contributed by atoms with van der Waals surface area (Å²) < 4.78 is 0. The molecule has 1 amide bonds. The molecule has 0 unspecified atom stereocenters. The van der Waals surface area contributed by atoms with Crippen LogP contribution in [-0.4, -0.2) is 77.1 Å². The van der Waals surface area contributed by atoms with E-state index in [1.165, 1.54) is 0 Å². The molecule has 1 aromatic carbocycles. The highest BCUT2D eigenvalue weighted by Gasteiger charge is 2.20. The first-order valence-corrected chi connectivity index (χ1v) is 12.0. The maximum absolute atomic E-state index is 12.9. The molecule has 2 aromatic heterocycles. The van der Waals surface area contributed by atoms with Crippen molar-refractivity contribution in [3.63, 3.8) is 0 Å². The molecule has 0 spiro atoms. The van der Waals surface area contributed by atoms with Gasteiger partial charge in [-0.05, 0) is 55.9 Å². The van der Waals surface area contributed by atoms with Gasteiger partial charge in [-0.25, -0.2) is 4.98 Å². The number of rotatable bonds is 8. The summed E-state index contributed by atoms with van der Waals surface area (Å²) in [5.74, 6) is -0.239. The van der Waals surface area contributed by atoms with Gasteiger partial charge in [-0.15, -0.1) is 0 Å². The minimum atomic E-state index is -0.512. The number of nitrogens with zero attached hydrogens (tertiary/aromatic N) is 4. The van der Waals surface area contributed by atoms with Crippen LogP contribution < -0.4 is 10.6 Å². The van der Waals surface area contributed by atoms with Gasteiger partial charge >= 0.3 is 0 Å². The number of anilines is 1. The average Bonchev–Trinajstić information content (AvgIpc) is 2.82. The summed E-state index contributed by atoms with van der Waals surface area (Å²) in [6, 6.07) is 8.67. The predicted octanol–water partition coefficient (Wildman–Crippen LogP) is 3.62. The van der Waals surface area contributed by atoms with E-state index in [9.17, 15) is 9.90 Å². The Morgan fingerprint density at radius 1 is 1.15 bits per heavy atom. The number of carbonyl (C=O) groups excluding carboxylic acids is 1. The lowest BCUT2D eigenvalue weighted by atomic mass is 10.1. The first kappa shape index (κ1) is 24.5. The maximum Gasteiger partial charge on any atom is 0.274 e. The zero-order chi connectivity index (χ0) is 24.1. The van der Waals surface area contributed by atoms with Crippen molar-refractivity contribution in [2.45, 2.75) is 13.0 Å². The molecule has 34 heavy (non-hydrogen) atoms. The highest BCUT2D eigenvalue weighted by Crippen LogP contribution is 2.30. The molecule has 0 radical (unpaired) electrons. The molecule has 0 aliphatic carbocycles. The summed E-state index contributed by atoms with van der Waals surface area (Å²) in [5, 5.41) is 18.5. The second kappa shape index (κ2) is 11.2. The number of fused-ring (bicyclic) bond motifs is 1. The summed E-state index contributed by atoms with van der Waals surface area (Å²) >= 11 is 12.1. The SMILES string of the molecule is CN1CCN(CCCNc2nc(C(=O)NCc3cc(Cl)cc(Cl)c3)c(O)c3ncccc23)CC1. The summed E-state index contributed by atoms with van der Waals surface area (Å²) in [6.45, 7) is 6.19. The van der Waals surface area contributed by atoms with Crippen molar-refractivity contribution < 1.29 is 9.90 Å². The van der Waals surface area contributed by atoms with E-state index in [1.54, 1.807) is 30.5 Å². The lowest BCUT2D eigenvalue weighted by Gasteiger charge is -2.32. The predicted molar refractivity (Wildman–Crippen MR) is 136 cm³/mol. The number of amides is 1. The molecule has 0 atom stereocenters. The maximum atomic E-state index is 12.9. The third kappa shape index (κ3) is 6.07. The smallest absolute Gasteiger partial charge is 0.274 e. The van der Waals surface area contributed by atoms with Crippen LogP contribution >= 0.6 is 23.2 Å². The molecular formula is C24H28Cl2N6O2. The lowest BCUT2D eigenvalue weighted by molar-refractivity contribution is 0.0943. The van der Waals surface area contributed by atoms with Crippen molar-refractivity contribution in [3.8, 4) is 5.75 Å². The largest absolute Gasteiger partial charge is 0.504 e. The number of pyridine rings is 2. The van der Waals surface area contributed by atoms with E-state index in [2.05, 4.69) is 37.4 Å². The fourth-order valence-corrected chi connectivity index (χ4v) is 4.55. The van der Waals surface area contributed by atoms with Gasteiger partial charge in [0, 0.05) is 60.9 Å². The molecule has 3 heterocycles. The summed E-state index contributed by atoms with van der Waals surface area (Å²) in [5.41, 5.74) is 0.988. The number of hydrogen-bond donors (Lipinski definition) is 3. The number of halogens is 2. The molecule has 180 valence electrons. The van der Waals surface area contributed by atoms with Gasteiger partial charge in [0.25, 0.3) is 5.91 Å². The van der Waals surface area contributed by atoms with Gasteiger partial charge in [-0.3, -0.25) is 9.78 Å². The zero-order valence-corrected chi connectivity index (χ0v) is 20.5. The molecule has 3 N–H and O–H groups in total. The number of piperazine rings is 1. The van der Waals surface area contributed by atoms with Crippen molar-refractivity contribution in [3.05, 3.63) is 57.8 Å². The zero-order valence-electron chi connectivity index (χ0n) is 19.0. The van der Waals surface area contributed by atoms with E-state index in [1.807, 2.05) is 6.07 Å². The molecule has 3 aromatic rings. The molecule has 8 nitrogen and oxygen atoms in total. The van der Waals surface area contributed by atoms with Gasteiger partial charge in [0.2, 0.25) is 0 Å². The van der Waals surface area contributed by atoms with Crippen LogP contribution in [-0.2, 0) is 6.54 Å². The molecule has 1 aliphatic rings. The molecule has 0 saturated carbocycles. The number of hydrogen-bond acceptors (Lipinski definition) is 7. The molecule has 0 bridgehead atoms. The fraction of sp³-hybridized carbons (Fsp3) is 0.375. The van der Waals surface area contributed by atoms with Crippen LogP contribution in [0, 0.1) is 0 Å². The summed E-state index contributed by atoms with van der Waals surface area (Å²) in [7, 11) is 2.15. The minimum absolute atomic E-state index is 0.0825. The van der Waals surface area contributed by atoms with E-state index in [4.69, 9.17) is 23.2 Å². The van der Waals surface area contributed by atoms with Gasteiger partial charge < -0.3 is 25.5 Å². The number of aromatic hydroxyl groups is 1. The standard InChI is InChI=1S/C24H28Cl2N6O2/c1-31-8-10-32(11-9-31)7-3-6-28-23-19-4-2-5-27-20(19)22(33)21(30-23)24(34)29-15-16-12-17(25)14-18(26)13-16/h2,4-5,12-14,33H,3,6-11,15H2,1H3,(H,28,30)(H,29,34). The van der Waals surface area contributed by atoms with Crippen LogP contribution in [0.2, 0.25) is 10.0 Å². The van der Waals surface area contributed by atoms with Crippen molar-refractivity contribution in [2.75, 3.05) is 51.6 Å². The number of aromatic nitrogens is 2. The van der Waals surface area contributed by atoms with Crippen LogP contribution in [0.25, 0.3) is 10.9 Å². The van der Waals surface area contributed by atoms with Crippen LogP contribution in [0.4, 0.5) is 5.82 Å². The molecule has 1 saturated heterocycles. The van der Waals surface area contributed by atoms with Crippen molar-refractivity contribution in [2.24, 2.45) is 0 Å². The number of nitrogens with one attached hydrogen (secondary N) is 2. The van der Waals surface area contributed by atoms with E-state index >= 15 is 0 Å². The highest BCUT2D eigenvalue weighted by molar-refractivity contribution is 6.34. The minimum Gasteiger partial charge on any atom is -0.504 e. The van der Waals surface area contributed by atoms with E-state index in [0.717, 1.165) is 44.7 Å². The summed E-state index contributed by atoms with van der Waals surface area (Å²) in [4.78, 5) is 26.4. The van der Waals surface area contributed by atoms with Crippen molar-refractivity contribution in [1.29, 1.82) is 0 Å². The second-order valence-corrected chi connectivity index (χ2v) is 9.32. The van der Waals surface area contributed by atoms with Gasteiger partial charge in [0.05, 0.1) is 0 Å². The molecule has 1 aliphatic heterocycles. The molecule has 10 heteroatoms. The third-order valence-electron chi connectivity index (χ3n) is 5.86. The number of likely N-dealkylation sites (N-methyl/N-ethyl adjacent to an activating group) is 1. The lowest BCUT2D eigenvalue weighted by Crippen LogP contribution is -2.44. The second-order valence-electron chi connectivity index (χ2n) is 8.44. The Morgan fingerprint density at radius 2 is 1.88 bits per heavy atom. The Balaban J connectivity index is 1.45. The Kier molecular flexibility index (Phi) is 8.05. The van der Waals surface area contributed by atoms with Crippen LogP contribution in [0.15, 0.2) is 36.5 Å². The quantitative estimate of drug-likeness (QED) is 0.405. The van der Waals surface area contributed by atoms with Crippen LogP contribution in [0.5, 0.6) is 5.75 Å². The Morgan fingerprint density at radius 3 is 2.62 bits per heavy atom. The van der Waals surface area contributed by atoms with Crippen LogP contribution in [0.3, 0.4) is 0 Å². The van der Waals surface area contributed by atoms with Gasteiger partial charge in [-0.2, -0.15) is 0 Å². The number of benzene rings is 1. The molecule has 4 rings (SSSR count). The molecule has 1 fully saturated rings. The van der Waals surface area contributed by atoms with E-state index in [0.29, 0.717) is 33.3 Å². The van der Waals surface area contributed by atoms with Crippen LogP contribution in [0.1, 0.15) is 22.5 Å². The van der Waals surface area contributed by atoms with Crippen molar-refractivity contribution in [1.82, 2.24) is 25.1 Å². The van der Waals surface area contributed by atoms with E-state index < -0.39 is 5.91 Å². The first-order valence-electron chi connectivity index (χ1n) is 11.3. The van der Waals surface area contributed by atoms with Crippen molar-refractivity contribution >= 4 is 45.8 Å².